The highest BCUT2D eigenvalue weighted by Gasteiger charge is 2.21. The molecule has 1 unspecified atom stereocenters. The molecule has 1 atom stereocenters. The van der Waals surface area contributed by atoms with E-state index in [0.29, 0.717) is 0 Å². The van der Waals surface area contributed by atoms with Gasteiger partial charge in [0.15, 0.2) is 0 Å². The molecule has 6 nitrogen and oxygen atoms in total. The number of thiazole rings is 1. The number of nitrogens with two attached hydrogens (primary N) is 1. The second-order valence-electron chi connectivity index (χ2n) is 4.30. The van der Waals surface area contributed by atoms with Crippen molar-refractivity contribution in [1.29, 1.82) is 0 Å². The number of nitrogens with zero attached hydrogens (tertiary/aromatic N) is 4. The molecule has 0 fully saturated rings. The zero-order valence-corrected chi connectivity index (χ0v) is 11.7. The summed E-state index contributed by atoms with van der Waals surface area (Å²) in [6.45, 7) is 1.97. The van der Waals surface area contributed by atoms with E-state index in [-0.39, 0.29) is 6.04 Å². The maximum atomic E-state index is 5.70. The van der Waals surface area contributed by atoms with E-state index >= 15 is 0 Å². The van der Waals surface area contributed by atoms with Gasteiger partial charge in [-0.3, -0.25) is 5.84 Å². The largest absolute Gasteiger partial charge is 0.270 e. The maximum Gasteiger partial charge on any atom is 0.108 e. The number of aromatic nitrogens is 4. The van der Waals surface area contributed by atoms with Gasteiger partial charge in [0.2, 0.25) is 0 Å². The Bertz CT molecular complexity index is 690. The van der Waals surface area contributed by atoms with Crippen LogP contribution in [0.2, 0.25) is 0 Å². The summed E-state index contributed by atoms with van der Waals surface area (Å²) in [4.78, 5) is 4.48. The molecule has 0 amide bonds. The molecule has 0 saturated heterocycles. The highest BCUT2D eigenvalue weighted by molar-refractivity contribution is 7.09. The predicted molar refractivity (Wildman–Crippen MR) is 77.4 cm³/mol. The van der Waals surface area contributed by atoms with Crippen molar-refractivity contribution in [3.63, 3.8) is 0 Å². The van der Waals surface area contributed by atoms with Crippen LogP contribution in [0.25, 0.3) is 5.69 Å². The van der Waals surface area contributed by atoms with Gasteiger partial charge in [0.1, 0.15) is 6.04 Å². The summed E-state index contributed by atoms with van der Waals surface area (Å²) in [5, 5.41) is 11.1. The Morgan fingerprint density at radius 2 is 2.10 bits per heavy atom. The minimum Gasteiger partial charge on any atom is -0.270 e. The van der Waals surface area contributed by atoms with E-state index in [4.69, 9.17) is 5.84 Å². The zero-order chi connectivity index (χ0) is 13.9. The van der Waals surface area contributed by atoms with Crippen molar-refractivity contribution >= 4 is 11.3 Å². The molecular weight excluding hydrogens is 272 g/mol. The number of aryl methyl sites for hydroxylation is 1. The summed E-state index contributed by atoms with van der Waals surface area (Å²) < 4.78 is 1.76. The standard InChI is InChI=1S/C13H14N6S/c1-9-16-11(8-20-9)13(17-14)12-7-15-18-19(12)10-5-3-2-4-6-10/h2-8,13,17H,14H2,1H3. The summed E-state index contributed by atoms with van der Waals surface area (Å²) in [5.41, 5.74) is 5.45. The van der Waals surface area contributed by atoms with Gasteiger partial charge < -0.3 is 0 Å². The Morgan fingerprint density at radius 3 is 2.75 bits per heavy atom. The number of hydrogen-bond donors (Lipinski definition) is 2. The van der Waals surface area contributed by atoms with Crippen molar-refractivity contribution in [3.8, 4) is 5.69 Å². The average Bonchev–Trinajstić information content (AvgIpc) is 3.11. The van der Waals surface area contributed by atoms with Crippen LogP contribution in [0.15, 0.2) is 41.9 Å². The van der Waals surface area contributed by atoms with Gasteiger partial charge in [0.25, 0.3) is 0 Å². The molecule has 102 valence electrons. The van der Waals surface area contributed by atoms with Crippen LogP contribution in [-0.2, 0) is 0 Å². The first-order valence-corrected chi connectivity index (χ1v) is 7.01. The first-order chi connectivity index (χ1) is 9.79. The van der Waals surface area contributed by atoms with Gasteiger partial charge in [-0.1, -0.05) is 23.4 Å². The predicted octanol–water partition coefficient (Wildman–Crippen LogP) is 1.58. The van der Waals surface area contributed by atoms with E-state index in [0.717, 1.165) is 22.1 Å². The molecule has 1 aromatic carbocycles. The van der Waals surface area contributed by atoms with Crippen LogP contribution in [0.4, 0.5) is 0 Å². The van der Waals surface area contributed by atoms with Crippen LogP contribution in [0.1, 0.15) is 22.4 Å². The molecule has 2 heterocycles. The van der Waals surface area contributed by atoms with Crippen molar-refractivity contribution in [1.82, 2.24) is 25.4 Å². The molecule has 3 N–H and O–H groups in total. The van der Waals surface area contributed by atoms with Gasteiger partial charge in [-0.05, 0) is 19.1 Å². The summed E-state index contributed by atoms with van der Waals surface area (Å²) in [5.74, 6) is 5.70. The Balaban J connectivity index is 2.04. The van der Waals surface area contributed by atoms with Crippen molar-refractivity contribution in [2.24, 2.45) is 5.84 Å². The lowest BCUT2D eigenvalue weighted by Crippen LogP contribution is -2.30. The first kappa shape index (κ1) is 12.9. The monoisotopic (exact) mass is 286 g/mol. The normalized spacial score (nSPS) is 12.5. The fourth-order valence-electron chi connectivity index (χ4n) is 2.04. The summed E-state index contributed by atoms with van der Waals surface area (Å²) in [6, 6.07) is 9.57. The fourth-order valence-corrected chi connectivity index (χ4v) is 2.68. The van der Waals surface area contributed by atoms with E-state index < -0.39 is 0 Å². The lowest BCUT2D eigenvalue weighted by atomic mass is 10.1. The van der Waals surface area contributed by atoms with Crippen LogP contribution in [-0.4, -0.2) is 20.0 Å². The molecule has 0 radical (unpaired) electrons. The van der Waals surface area contributed by atoms with Gasteiger partial charge in [-0.25, -0.2) is 15.1 Å². The first-order valence-electron chi connectivity index (χ1n) is 6.14. The minimum absolute atomic E-state index is 0.241. The minimum atomic E-state index is -0.241. The molecule has 20 heavy (non-hydrogen) atoms. The number of hydrazine groups is 1. The van der Waals surface area contributed by atoms with Gasteiger partial charge in [0, 0.05) is 5.38 Å². The SMILES string of the molecule is Cc1nc(C(NN)c2cnnn2-c2ccccc2)cs1. The smallest absolute Gasteiger partial charge is 0.108 e. The lowest BCUT2D eigenvalue weighted by Gasteiger charge is -2.14. The van der Waals surface area contributed by atoms with E-state index in [1.54, 1.807) is 22.2 Å². The van der Waals surface area contributed by atoms with Crippen molar-refractivity contribution in [2.45, 2.75) is 13.0 Å². The molecule has 0 aliphatic heterocycles. The van der Waals surface area contributed by atoms with Crippen LogP contribution in [0, 0.1) is 6.92 Å². The Hall–Kier alpha value is -2.09. The number of para-hydroxylation sites is 1. The molecule has 3 rings (SSSR count). The lowest BCUT2D eigenvalue weighted by molar-refractivity contribution is 0.584. The maximum absolute atomic E-state index is 5.70. The van der Waals surface area contributed by atoms with Crippen LogP contribution in [0.5, 0.6) is 0 Å². The van der Waals surface area contributed by atoms with Crippen molar-refractivity contribution in [2.75, 3.05) is 0 Å². The van der Waals surface area contributed by atoms with Gasteiger partial charge in [-0.15, -0.1) is 16.4 Å². The third-order valence-electron chi connectivity index (χ3n) is 2.97. The Labute approximate surface area is 120 Å². The number of hydrogen-bond acceptors (Lipinski definition) is 6. The van der Waals surface area contributed by atoms with Gasteiger partial charge in [0.05, 0.1) is 28.3 Å². The number of nitrogens with one attached hydrogen (secondary N) is 1. The van der Waals surface area contributed by atoms with Gasteiger partial charge in [-0.2, -0.15) is 0 Å². The number of benzene rings is 1. The Morgan fingerprint density at radius 1 is 1.30 bits per heavy atom. The molecule has 0 bridgehead atoms. The summed E-state index contributed by atoms with van der Waals surface area (Å²) in [6.07, 6.45) is 1.70. The van der Waals surface area contributed by atoms with E-state index in [1.807, 2.05) is 42.6 Å². The molecular formula is C13H14N6S. The molecule has 7 heteroatoms. The average molecular weight is 286 g/mol. The third kappa shape index (κ3) is 2.34. The fraction of sp³-hybridized carbons (Fsp3) is 0.154. The molecule has 0 spiro atoms. The summed E-state index contributed by atoms with van der Waals surface area (Å²) in [7, 11) is 0. The molecule has 0 aliphatic rings. The molecule has 2 aromatic heterocycles. The Kier molecular flexibility index (Phi) is 3.55. The van der Waals surface area contributed by atoms with E-state index in [2.05, 4.69) is 20.7 Å². The molecule has 3 aromatic rings. The van der Waals surface area contributed by atoms with Crippen LogP contribution in [0.3, 0.4) is 0 Å². The molecule has 0 saturated carbocycles. The summed E-state index contributed by atoms with van der Waals surface area (Å²) >= 11 is 1.59. The van der Waals surface area contributed by atoms with Crippen molar-refractivity contribution in [3.05, 3.63) is 58.3 Å². The van der Waals surface area contributed by atoms with Crippen LogP contribution >= 0.6 is 11.3 Å². The van der Waals surface area contributed by atoms with Crippen molar-refractivity contribution < 1.29 is 0 Å². The second-order valence-corrected chi connectivity index (χ2v) is 5.36. The topological polar surface area (TPSA) is 81.7 Å². The van der Waals surface area contributed by atoms with Crippen LogP contribution < -0.4 is 11.3 Å². The highest BCUT2D eigenvalue weighted by Crippen LogP contribution is 2.23. The zero-order valence-electron chi connectivity index (χ0n) is 10.9. The molecule has 0 aliphatic carbocycles. The number of rotatable bonds is 4. The van der Waals surface area contributed by atoms with E-state index in [1.165, 1.54) is 0 Å². The van der Waals surface area contributed by atoms with Gasteiger partial charge >= 0.3 is 0 Å². The third-order valence-corrected chi connectivity index (χ3v) is 3.76. The second kappa shape index (κ2) is 5.49. The highest BCUT2D eigenvalue weighted by atomic mass is 32.1. The quantitative estimate of drug-likeness (QED) is 0.562. The van der Waals surface area contributed by atoms with E-state index in [9.17, 15) is 0 Å².